The zero-order chi connectivity index (χ0) is 31.9. The number of benzene rings is 1. The molecule has 0 amide bonds. The lowest BCUT2D eigenvalue weighted by Gasteiger charge is -2.27. The molecule has 230 valence electrons. The first-order valence-electron chi connectivity index (χ1n) is 12.4. The summed E-state index contributed by atoms with van der Waals surface area (Å²) in [7, 11) is 0. The fraction of sp³-hybridized carbons (Fsp3) is 0.296. The quantitative estimate of drug-likeness (QED) is 0.256. The molecule has 3 aromatic heterocycles. The van der Waals surface area contributed by atoms with Gasteiger partial charge in [-0.25, -0.2) is 19.6 Å². The minimum Gasteiger partial charge on any atom is -0.485 e. The van der Waals surface area contributed by atoms with Gasteiger partial charge in [0.15, 0.2) is 29.1 Å². The summed E-state index contributed by atoms with van der Waals surface area (Å²) in [4.78, 5) is 31.4. The molecule has 0 saturated heterocycles. The molecule has 4 heterocycles. The summed E-state index contributed by atoms with van der Waals surface area (Å²) in [5, 5.41) is 14.2. The van der Waals surface area contributed by atoms with Crippen molar-refractivity contribution in [3.63, 3.8) is 0 Å². The number of fused-ring (bicyclic) bond motifs is 2. The lowest BCUT2D eigenvalue weighted by molar-refractivity contribution is -0.193. The highest BCUT2D eigenvalue weighted by molar-refractivity contribution is 5.79. The van der Waals surface area contributed by atoms with Crippen LogP contribution in [0, 0.1) is 0 Å². The Balaban J connectivity index is 0.000000303. The van der Waals surface area contributed by atoms with Crippen molar-refractivity contribution in [3.05, 3.63) is 66.9 Å². The van der Waals surface area contributed by atoms with E-state index in [0.717, 1.165) is 46.0 Å². The van der Waals surface area contributed by atoms with Crippen LogP contribution in [0.25, 0.3) is 22.3 Å². The Labute approximate surface area is 239 Å². The molecular weight excluding hydrogens is 590 g/mol. The van der Waals surface area contributed by atoms with E-state index in [2.05, 4.69) is 34.4 Å². The summed E-state index contributed by atoms with van der Waals surface area (Å²) < 4.78 is 77.9. The van der Waals surface area contributed by atoms with E-state index in [-0.39, 0.29) is 12.1 Å². The van der Waals surface area contributed by atoms with Crippen molar-refractivity contribution in [1.29, 1.82) is 0 Å². The minimum atomic E-state index is -5.08. The number of imidazole rings is 1. The number of ether oxygens (including phenoxy) is 2. The molecule has 0 bridgehead atoms. The van der Waals surface area contributed by atoms with Gasteiger partial charge < -0.3 is 24.3 Å². The van der Waals surface area contributed by atoms with Crippen molar-refractivity contribution in [3.8, 4) is 22.6 Å². The van der Waals surface area contributed by atoms with Crippen LogP contribution < -0.4 is 9.47 Å². The fourth-order valence-electron chi connectivity index (χ4n) is 3.72. The molecule has 4 aromatic rings. The summed E-state index contributed by atoms with van der Waals surface area (Å²) in [5.41, 5.74) is 3.85. The lowest BCUT2D eigenvalue weighted by atomic mass is 10.1. The number of alkyl halides is 6. The second kappa shape index (κ2) is 13.4. The molecule has 2 N–H and O–H groups in total. The standard InChI is InChI=1S/C23H22N4O2.2C2HF3O2/c1-3-15(2)27-18-12-17(16-8-10-24-11-9-16)13-25-22(18)26-23(27)21-14-28-19-6-4-5-7-20(19)29-21;2*3-2(4,5)1(6)7/h4-13,15,21H,3,14H2,1-2H3;2*(H,6,7). The normalized spacial score (nSPS) is 14.9. The molecule has 2 atom stereocenters. The van der Waals surface area contributed by atoms with Gasteiger partial charge in [0.1, 0.15) is 6.61 Å². The number of pyridine rings is 2. The molecule has 1 aliphatic heterocycles. The summed E-state index contributed by atoms with van der Waals surface area (Å²) in [6, 6.07) is 14.1. The molecule has 43 heavy (non-hydrogen) atoms. The highest BCUT2D eigenvalue weighted by Crippen LogP contribution is 2.37. The third-order valence-corrected chi connectivity index (χ3v) is 5.90. The van der Waals surface area contributed by atoms with Crippen molar-refractivity contribution in [2.24, 2.45) is 0 Å². The van der Waals surface area contributed by atoms with Crippen LogP contribution in [0.15, 0.2) is 61.1 Å². The molecule has 2 unspecified atom stereocenters. The average molecular weight is 614 g/mol. The summed E-state index contributed by atoms with van der Waals surface area (Å²) in [6.45, 7) is 4.79. The Morgan fingerprint density at radius 3 is 2.07 bits per heavy atom. The van der Waals surface area contributed by atoms with Gasteiger partial charge in [-0.05, 0) is 49.2 Å². The van der Waals surface area contributed by atoms with Crippen molar-refractivity contribution in [1.82, 2.24) is 19.5 Å². The predicted molar refractivity (Wildman–Crippen MR) is 138 cm³/mol. The molecule has 0 saturated carbocycles. The van der Waals surface area contributed by atoms with Crippen molar-refractivity contribution < 1.29 is 55.6 Å². The number of carboxylic acids is 2. The van der Waals surface area contributed by atoms with Crippen LogP contribution >= 0.6 is 0 Å². The van der Waals surface area contributed by atoms with Crippen LogP contribution in [-0.2, 0) is 9.59 Å². The molecule has 5 rings (SSSR count). The Hall–Kier alpha value is -4.89. The summed E-state index contributed by atoms with van der Waals surface area (Å²) in [5.74, 6) is -3.15. The van der Waals surface area contributed by atoms with Crippen LogP contribution in [0.1, 0.15) is 38.2 Å². The number of rotatable bonds is 4. The number of aliphatic carboxylic acids is 2. The Bertz CT molecular complexity index is 1540. The van der Waals surface area contributed by atoms with E-state index in [4.69, 9.17) is 34.3 Å². The average Bonchev–Trinajstić information content (AvgIpc) is 3.35. The number of nitrogens with zero attached hydrogens (tertiary/aromatic N) is 4. The van der Waals surface area contributed by atoms with Crippen LogP contribution in [0.4, 0.5) is 26.3 Å². The molecule has 1 aliphatic rings. The van der Waals surface area contributed by atoms with Crippen molar-refractivity contribution in [2.75, 3.05) is 6.61 Å². The maximum atomic E-state index is 10.6. The first-order valence-corrected chi connectivity index (χ1v) is 12.4. The van der Waals surface area contributed by atoms with E-state index >= 15 is 0 Å². The number of hydrogen-bond acceptors (Lipinski definition) is 7. The lowest BCUT2D eigenvalue weighted by Crippen LogP contribution is -2.25. The van der Waals surface area contributed by atoms with Gasteiger partial charge in [0.2, 0.25) is 0 Å². The minimum absolute atomic E-state index is 0.255. The third kappa shape index (κ3) is 8.33. The zero-order valence-electron chi connectivity index (χ0n) is 22.4. The van der Waals surface area contributed by atoms with E-state index < -0.39 is 24.3 Å². The van der Waals surface area contributed by atoms with Crippen molar-refractivity contribution >= 4 is 23.1 Å². The SMILES string of the molecule is CCC(C)n1c(C2COc3ccccc3O2)nc2ncc(-c3ccncc3)cc21.O=C(O)C(F)(F)F.O=C(O)C(F)(F)F. The Kier molecular flexibility index (Phi) is 10.2. The molecule has 0 fully saturated rings. The van der Waals surface area contributed by atoms with E-state index in [1.165, 1.54) is 0 Å². The molecule has 0 aliphatic carbocycles. The van der Waals surface area contributed by atoms with Gasteiger partial charge in [-0.15, -0.1) is 0 Å². The second-order valence-corrected chi connectivity index (χ2v) is 8.87. The first kappa shape index (κ1) is 32.6. The van der Waals surface area contributed by atoms with E-state index in [0.29, 0.717) is 6.61 Å². The monoisotopic (exact) mass is 614 g/mol. The zero-order valence-corrected chi connectivity index (χ0v) is 22.4. The van der Waals surface area contributed by atoms with Gasteiger partial charge in [0, 0.05) is 30.2 Å². The van der Waals surface area contributed by atoms with Gasteiger partial charge in [-0.3, -0.25) is 4.98 Å². The molecule has 1 aromatic carbocycles. The number of hydrogen-bond donors (Lipinski definition) is 2. The largest absolute Gasteiger partial charge is 0.490 e. The van der Waals surface area contributed by atoms with Gasteiger partial charge in [0.05, 0.1) is 5.52 Å². The topological polar surface area (TPSA) is 137 Å². The van der Waals surface area contributed by atoms with E-state index in [9.17, 15) is 26.3 Å². The summed E-state index contributed by atoms with van der Waals surface area (Å²) in [6.07, 6.45) is -4.02. The van der Waals surface area contributed by atoms with Gasteiger partial charge >= 0.3 is 24.3 Å². The van der Waals surface area contributed by atoms with E-state index in [1.54, 1.807) is 12.4 Å². The highest BCUT2D eigenvalue weighted by atomic mass is 19.4. The third-order valence-electron chi connectivity index (χ3n) is 5.90. The Morgan fingerprint density at radius 1 is 0.977 bits per heavy atom. The molecule has 0 spiro atoms. The van der Waals surface area contributed by atoms with Gasteiger partial charge in [-0.2, -0.15) is 26.3 Å². The Morgan fingerprint density at radius 2 is 1.53 bits per heavy atom. The number of carbonyl (C=O) groups is 2. The number of aromatic nitrogens is 4. The number of carboxylic acid groups (broad SMARTS) is 2. The van der Waals surface area contributed by atoms with Crippen LogP contribution in [0.3, 0.4) is 0 Å². The number of halogens is 6. The van der Waals surface area contributed by atoms with Crippen LogP contribution in [-0.4, -0.2) is 60.6 Å². The highest BCUT2D eigenvalue weighted by Gasteiger charge is 2.39. The smallest absolute Gasteiger partial charge is 0.485 e. The van der Waals surface area contributed by atoms with E-state index in [1.807, 2.05) is 42.6 Å². The fourth-order valence-corrected chi connectivity index (χ4v) is 3.72. The maximum Gasteiger partial charge on any atom is 0.490 e. The van der Waals surface area contributed by atoms with Crippen LogP contribution in [0.2, 0.25) is 0 Å². The van der Waals surface area contributed by atoms with Crippen molar-refractivity contribution in [2.45, 2.75) is 44.8 Å². The summed E-state index contributed by atoms with van der Waals surface area (Å²) >= 11 is 0. The van der Waals surface area contributed by atoms with Gasteiger partial charge in [-0.1, -0.05) is 19.1 Å². The second-order valence-electron chi connectivity index (χ2n) is 8.87. The molecular formula is C27H24F6N4O6. The number of para-hydroxylation sites is 2. The molecule has 10 nitrogen and oxygen atoms in total. The van der Waals surface area contributed by atoms with Crippen LogP contribution in [0.5, 0.6) is 11.5 Å². The first-order chi connectivity index (χ1) is 20.1. The molecule has 16 heteroatoms. The van der Waals surface area contributed by atoms with Gasteiger partial charge in [0.25, 0.3) is 0 Å². The maximum absolute atomic E-state index is 10.6. The predicted octanol–water partition coefficient (Wildman–Crippen LogP) is 6.24. The molecule has 0 radical (unpaired) electrons.